The molecule has 3 rings (SSSR count). The molecule has 5 nitrogen and oxygen atoms in total. The average molecular weight is 273 g/mol. The molecule has 1 aromatic heterocycles. The minimum Gasteiger partial charge on any atom is -0.371 e. The van der Waals surface area contributed by atoms with Crippen LogP contribution in [0.15, 0.2) is 22.7 Å². The predicted molar refractivity (Wildman–Crippen MR) is 75.2 cm³/mol. The molecule has 0 radical (unpaired) electrons. The Balaban J connectivity index is 1.86. The first-order chi connectivity index (χ1) is 9.78. The molecule has 20 heavy (non-hydrogen) atoms. The molecule has 5 heteroatoms. The Labute approximate surface area is 118 Å². The largest absolute Gasteiger partial charge is 0.371 e. The molecule has 1 aliphatic rings. The SMILES string of the molecule is CCOC(C)c1noc(-c2ccc3c(c2)CNCC3)n1. The molecule has 0 aliphatic carbocycles. The molecule has 0 spiro atoms. The van der Waals surface area contributed by atoms with E-state index in [0.29, 0.717) is 18.3 Å². The van der Waals surface area contributed by atoms with Crippen LogP contribution in [0, 0.1) is 0 Å². The summed E-state index contributed by atoms with van der Waals surface area (Å²) in [5, 5.41) is 7.37. The molecule has 2 aromatic rings. The number of ether oxygens (including phenoxy) is 1. The molecule has 0 fully saturated rings. The summed E-state index contributed by atoms with van der Waals surface area (Å²) >= 11 is 0. The Hall–Kier alpha value is -1.72. The number of benzene rings is 1. The van der Waals surface area contributed by atoms with E-state index < -0.39 is 0 Å². The fourth-order valence-electron chi connectivity index (χ4n) is 2.46. The van der Waals surface area contributed by atoms with E-state index in [2.05, 4.69) is 27.6 Å². The molecular weight excluding hydrogens is 254 g/mol. The van der Waals surface area contributed by atoms with Crippen LogP contribution in [-0.2, 0) is 17.7 Å². The molecule has 106 valence electrons. The van der Waals surface area contributed by atoms with Gasteiger partial charge in [0, 0.05) is 18.7 Å². The summed E-state index contributed by atoms with van der Waals surface area (Å²) in [6, 6.07) is 6.33. The molecule has 1 unspecified atom stereocenters. The Bertz CT molecular complexity index is 595. The van der Waals surface area contributed by atoms with E-state index in [-0.39, 0.29) is 6.10 Å². The van der Waals surface area contributed by atoms with Crippen LogP contribution in [0.3, 0.4) is 0 Å². The monoisotopic (exact) mass is 273 g/mol. The maximum atomic E-state index is 5.47. The van der Waals surface area contributed by atoms with Gasteiger partial charge in [0.05, 0.1) is 0 Å². The van der Waals surface area contributed by atoms with Gasteiger partial charge in [0.25, 0.3) is 5.89 Å². The summed E-state index contributed by atoms with van der Waals surface area (Å²) in [6.07, 6.45) is 0.934. The van der Waals surface area contributed by atoms with Crippen molar-refractivity contribution in [2.45, 2.75) is 32.9 Å². The molecule has 0 amide bonds. The zero-order valence-corrected chi connectivity index (χ0v) is 11.8. The first-order valence-electron chi connectivity index (χ1n) is 7.06. The fourth-order valence-corrected chi connectivity index (χ4v) is 2.46. The molecule has 1 aromatic carbocycles. The third kappa shape index (κ3) is 2.59. The van der Waals surface area contributed by atoms with E-state index >= 15 is 0 Å². The van der Waals surface area contributed by atoms with E-state index in [1.54, 1.807) is 0 Å². The second-order valence-corrected chi connectivity index (χ2v) is 4.97. The number of rotatable bonds is 4. The van der Waals surface area contributed by atoms with E-state index in [4.69, 9.17) is 9.26 Å². The van der Waals surface area contributed by atoms with Crippen LogP contribution in [0.5, 0.6) is 0 Å². The van der Waals surface area contributed by atoms with Gasteiger partial charge >= 0.3 is 0 Å². The van der Waals surface area contributed by atoms with Gasteiger partial charge in [0.15, 0.2) is 0 Å². The van der Waals surface area contributed by atoms with E-state index in [1.165, 1.54) is 11.1 Å². The summed E-state index contributed by atoms with van der Waals surface area (Å²) in [7, 11) is 0. The summed E-state index contributed by atoms with van der Waals surface area (Å²) in [5.41, 5.74) is 3.68. The Morgan fingerprint density at radius 2 is 2.30 bits per heavy atom. The van der Waals surface area contributed by atoms with Crippen molar-refractivity contribution in [2.75, 3.05) is 13.2 Å². The maximum Gasteiger partial charge on any atom is 0.258 e. The summed E-state index contributed by atoms with van der Waals surface area (Å²) in [6.45, 7) is 6.46. The smallest absolute Gasteiger partial charge is 0.258 e. The lowest BCUT2D eigenvalue weighted by Crippen LogP contribution is -2.23. The highest BCUT2D eigenvalue weighted by Gasteiger charge is 2.16. The Kier molecular flexibility index (Phi) is 3.80. The van der Waals surface area contributed by atoms with Crippen LogP contribution in [0.4, 0.5) is 0 Å². The third-order valence-corrected chi connectivity index (χ3v) is 3.56. The maximum absolute atomic E-state index is 5.47. The summed E-state index contributed by atoms with van der Waals surface area (Å²) < 4.78 is 10.8. The first kappa shape index (κ1) is 13.3. The lowest BCUT2D eigenvalue weighted by Gasteiger charge is -2.17. The molecule has 1 atom stereocenters. The minimum absolute atomic E-state index is 0.142. The van der Waals surface area contributed by atoms with Crippen LogP contribution in [-0.4, -0.2) is 23.3 Å². The Morgan fingerprint density at radius 1 is 1.40 bits per heavy atom. The van der Waals surface area contributed by atoms with Gasteiger partial charge in [-0.15, -0.1) is 0 Å². The van der Waals surface area contributed by atoms with Crippen LogP contribution in [0.2, 0.25) is 0 Å². The standard InChI is InChI=1S/C15H19N3O2/c1-3-19-10(2)14-17-15(20-18-14)12-5-4-11-6-7-16-9-13(11)8-12/h4-5,8,10,16H,3,6-7,9H2,1-2H3. The van der Waals surface area contributed by atoms with Crippen molar-refractivity contribution in [3.8, 4) is 11.5 Å². The topological polar surface area (TPSA) is 60.2 Å². The van der Waals surface area contributed by atoms with Gasteiger partial charge in [-0.3, -0.25) is 0 Å². The zero-order chi connectivity index (χ0) is 13.9. The Morgan fingerprint density at radius 3 is 3.15 bits per heavy atom. The molecule has 1 N–H and O–H groups in total. The molecule has 0 bridgehead atoms. The molecule has 1 aliphatic heterocycles. The van der Waals surface area contributed by atoms with Gasteiger partial charge in [0.2, 0.25) is 5.82 Å². The van der Waals surface area contributed by atoms with Crippen molar-refractivity contribution in [2.24, 2.45) is 0 Å². The second kappa shape index (κ2) is 5.73. The van der Waals surface area contributed by atoms with E-state index in [1.807, 2.05) is 19.9 Å². The summed E-state index contributed by atoms with van der Waals surface area (Å²) in [4.78, 5) is 4.42. The lowest BCUT2D eigenvalue weighted by atomic mass is 9.98. The van der Waals surface area contributed by atoms with Crippen LogP contribution < -0.4 is 5.32 Å². The van der Waals surface area contributed by atoms with Gasteiger partial charge in [-0.25, -0.2) is 0 Å². The van der Waals surface area contributed by atoms with Gasteiger partial charge in [0.1, 0.15) is 6.10 Å². The first-order valence-corrected chi connectivity index (χ1v) is 7.06. The molecular formula is C15H19N3O2. The fraction of sp³-hybridized carbons (Fsp3) is 0.467. The molecule has 2 heterocycles. The zero-order valence-electron chi connectivity index (χ0n) is 11.8. The highest BCUT2D eigenvalue weighted by molar-refractivity contribution is 5.56. The number of nitrogens with zero attached hydrogens (tertiary/aromatic N) is 2. The molecule has 0 saturated carbocycles. The lowest BCUT2D eigenvalue weighted by molar-refractivity contribution is 0.0683. The molecule has 0 saturated heterocycles. The average Bonchev–Trinajstić information content (AvgIpc) is 2.97. The van der Waals surface area contributed by atoms with Crippen molar-refractivity contribution in [1.82, 2.24) is 15.5 Å². The normalized spacial score (nSPS) is 15.9. The number of aromatic nitrogens is 2. The van der Waals surface area contributed by atoms with Crippen molar-refractivity contribution >= 4 is 0 Å². The highest BCUT2D eigenvalue weighted by Crippen LogP contribution is 2.24. The van der Waals surface area contributed by atoms with Gasteiger partial charge in [-0.05, 0) is 50.1 Å². The van der Waals surface area contributed by atoms with Crippen molar-refractivity contribution < 1.29 is 9.26 Å². The minimum atomic E-state index is -0.142. The summed E-state index contributed by atoms with van der Waals surface area (Å²) in [5.74, 6) is 1.15. The van der Waals surface area contributed by atoms with Gasteiger partial charge < -0.3 is 14.6 Å². The highest BCUT2D eigenvalue weighted by atomic mass is 16.5. The van der Waals surface area contributed by atoms with Crippen LogP contribution in [0.1, 0.15) is 36.9 Å². The van der Waals surface area contributed by atoms with Gasteiger partial charge in [-0.2, -0.15) is 4.98 Å². The van der Waals surface area contributed by atoms with E-state index in [0.717, 1.165) is 25.1 Å². The quantitative estimate of drug-likeness (QED) is 0.927. The number of fused-ring (bicyclic) bond motifs is 1. The van der Waals surface area contributed by atoms with Crippen molar-refractivity contribution in [1.29, 1.82) is 0 Å². The predicted octanol–water partition coefficient (Wildman–Crippen LogP) is 2.48. The van der Waals surface area contributed by atoms with Crippen LogP contribution in [0.25, 0.3) is 11.5 Å². The third-order valence-electron chi connectivity index (χ3n) is 3.56. The number of hydrogen-bond acceptors (Lipinski definition) is 5. The van der Waals surface area contributed by atoms with Crippen molar-refractivity contribution in [3.05, 3.63) is 35.2 Å². The van der Waals surface area contributed by atoms with Crippen molar-refractivity contribution in [3.63, 3.8) is 0 Å². The second-order valence-electron chi connectivity index (χ2n) is 4.97. The van der Waals surface area contributed by atoms with Gasteiger partial charge in [-0.1, -0.05) is 11.2 Å². The number of nitrogens with one attached hydrogen (secondary N) is 1. The van der Waals surface area contributed by atoms with Crippen LogP contribution >= 0.6 is 0 Å². The number of hydrogen-bond donors (Lipinski definition) is 1. The van der Waals surface area contributed by atoms with E-state index in [9.17, 15) is 0 Å².